The molecule has 0 bridgehead atoms. The molecule has 0 aliphatic rings. The van der Waals surface area contributed by atoms with Gasteiger partial charge in [-0.3, -0.25) is 4.89 Å². The van der Waals surface area contributed by atoms with Crippen molar-refractivity contribution in [1.29, 1.82) is 0 Å². The van der Waals surface area contributed by atoms with Gasteiger partial charge in [-0.1, -0.05) is 0 Å². The first kappa shape index (κ1) is 11.5. The summed E-state index contributed by atoms with van der Waals surface area (Å²) in [6.45, 7) is 3.39. The molecule has 15 heavy (non-hydrogen) atoms. The second-order valence-electron chi connectivity index (χ2n) is 3.09. The van der Waals surface area contributed by atoms with Gasteiger partial charge in [-0.05, 0) is 38.1 Å². The molecule has 0 spiro atoms. The van der Waals surface area contributed by atoms with Crippen LogP contribution in [0.15, 0.2) is 24.3 Å². The van der Waals surface area contributed by atoms with E-state index < -0.39 is 5.97 Å². The molecule has 0 heterocycles. The fourth-order valence-corrected chi connectivity index (χ4v) is 0.896. The zero-order valence-electron chi connectivity index (χ0n) is 8.94. The molecule has 0 aliphatic heterocycles. The fraction of sp³-hybridized carbons (Fsp3) is 0.273. The standard InChI is InChI=1S/C11H13O4/c1-8(2)14-15-11(12)9-4-6-10(13-3)7-5-9/h4-7H,1-3H3. The minimum absolute atomic E-state index is 0.414. The first-order valence-electron chi connectivity index (χ1n) is 4.46. The van der Waals surface area contributed by atoms with E-state index in [9.17, 15) is 4.79 Å². The van der Waals surface area contributed by atoms with Crippen molar-refractivity contribution in [3.8, 4) is 5.75 Å². The highest BCUT2D eigenvalue weighted by molar-refractivity contribution is 5.89. The topological polar surface area (TPSA) is 44.8 Å². The first-order valence-corrected chi connectivity index (χ1v) is 4.46. The summed E-state index contributed by atoms with van der Waals surface area (Å²) in [5, 5.41) is 0. The number of methoxy groups -OCH3 is 1. The third-order valence-electron chi connectivity index (χ3n) is 1.61. The second kappa shape index (κ2) is 5.36. The summed E-state index contributed by atoms with van der Waals surface area (Å²) < 4.78 is 4.96. The maximum Gasteiger partial charge on any atom is 0.373 e. The van der Waals surface area contributed by atoms with Crippen molar-refractivity contribution < 1.29 is 19.3 Å². The van der Waals surface area contributed by atoms with E-state index in [4.69, 9.17) is 4.74 Å². The van der Waals surface area contributed by atoms with Crippen LogP contribution in [0.4, 0.5) is 0 Å². The highest BCUT2D eigenvalue weighted by Crippen LogP contribution is 2.12. The third-order valence-corrected chi connectivity index (χ3v) is 1.61. The molecular weight excluding hydrogens is 196 g/mol. The van der Waals surface area contributed by atoms with E-state index in [1.165, 1.54) is 0 Å². The summed E-state index contributed by atoms with van der Waals surface area (Å²) in [5.74, 6) is 0.157. The van der Waals surface area contributed by atoms with E-state index in [-0.39, 0.29) is 0 Å². The maximum absolute atomic E-state index is 11.3. The molecular formula is C11H13O4. The van der Waals surface area contributed by atoms with Gasteiger partial charge in [0.1, 0.15) is 11.9 Å². The smallest absolute Gasteiger partial charge is 0.373 e. The molecule has 4 heteroatoms. The SMILES string of the molecule is COc1ccc(C(=O)OO[C](C)C)cc1. The highest BCUT2D eigenvalue weighted by Gasteiger charge is 2.09. The van der Waals surface area contributed by atoms with E-state index in [1.807, 2.05) is 0 Å². The lowest BCUT2D eigenvalue weighted by Crippen LogP contribution is -2.06. The lowest BCUT2D eigenvalue weighted by molar-refractivity contribution is -0.229. The number of carbonyl (C=O) groups is 1. The van der Waals surface area contributed by atoms with E-state index >= 15 is 0 Å². The van der Waals surface area contributed by atoms with Crippen LogP contribution in [0.2, 0.25) is 0 Å². The van der Waals surface area contributed by atoms with E-state index in [1.54, 1.807) is 45.2 Å². The summed E-state index contributed by atoms with van der Waals surface area (Å²) in [7, 11) is 1.56. The molecule has 0 amide bonds. The molecule has 0 aliphatic carbocycles. The van der Waals surface area contributed by atoms with Gasteiger partial charge in [0.15, 0.2) is 0 Å². The molecule has 0 saturated heterocycles. The fourth-order valence-electron chi connectivity index (χ4n) is 0.896. The Morgan fingerprint density at radius 2 is 1.67 bits per heavy atom. The minimum Gasteiger partial charge on any atom is -0.497 e. The summed E-state index contributed by atoms with van der Waals surface area (Å²) in [6.07, 6.45) is 0.567. The predicted molar refractivity (Wildman–Crippen MR) is 54.1 cm³/mol. The van der Waals surface area contributed by atoms with Crippen molar-refractivity contribution >= 4 is 5.97 Å². The van der Waals surface area contributed by atoms with Gasteiger partial charge in [-0.2, -0.15) is 4.89 Å². The van der Waals surface area contributed by atoms with Crippen LogP contribution < -0.4 is 4.74 Å². The van der Waals surface area contributed by atoms with Crippen molar-refractivity contribution in [2.24, 2.45) is 0 Å². The van der Waals surface area contributed by atoms with Gasteiger partial charge in [-0.15, -0.1) is 0 Å². The molecule has 4 nitrogen and oxygen atoms in total. The maximum atomic E-state index is 11.3. The van der Waals surface area contributed by atoms with E-state index in [0.29, 0.717) is 17.4 Å². The largest absolute Gasteiger partial charge is 0.497 e. The Kier molecular flexibility index (Phi) is 4.12. The number of rotatable bonds is 4. The van der Waals surface area contributed by atoms with Crippen LogP contribution in [0, 0.1) is 6.10 Å². The van der Waals surface area contributed by atoms with Crippen LogP contribution in [0.1, 0.15) is 24.2 Å². The third kappa shape index (κ3) is 3.59. The van der Waals surface area contributed by atoms with Crippen molar-refractivity contribution in [1.82, 2.24) is 0 Å². The Balaban J connectivity index is 2.58. The van der Waals surface area contributed by atoms with Crippen molar-refractivity contribution in [2.45, 2.75) is 13.8 Å². The van der Waals surface area contributed by atoms with Crippen LogP contribution in [-0.2, 0) is 9.78 Å². The molecule has 1 radical (unpaired) electrons. The quantitative estimate of drug-likeness (QED) is 0.564. The monoisotopic (exact) mass is 209 g/mol. The summed E-state index contributed by atoms with van der Waals surface area (Å²) in [5.41, 5.74) is 0.414. The van der Waals surface area contributed by atoms with Crippen molar-refractivity contribution in [2.75, 3.05) is 7.11 Å². The number of benzene rings is 1. The molecule has 1 aromatic carbocycles. The van der Waals surface area contributed by atoms with Crippen molar-refractivity contribution in [3.05, 3.63) is 35.9 Å². The van der Waals surface area contributed by atoms with Crippen LogP contribution >= 0.6 is 0 Å². The van der Waals surface area contributed by atoms with Crippen LogP contribution in [0.25, 0.3) is 0 Å². The number of ether oxygens (including phenoxy) is 1. The Bertz CT molecular complexity index is 316. The zero-order valence-corrected chi connectivity index (χ0v) is 8.94. The molecule has 0 N–H and O–H groups in total. The van der Waals surface area contributed by atoms with Gasteiger partial charge in [0, 0.05) is 0 Å². The van der Waals surface area contributed by atoms with Gasteiger partial charge in [0.25, 0.3) is 0 Å². The average molecular weight is 209 g/mol. The molecule has 0 fully saturated rings. The normalized spacial score (nSPS) is 10.1. The number of hydrogen-bond acceptors (Lipinski definition) is 4. The Labute approximate surface area is 88.7 Å². The van der Waals surface area contributed by atoms with Gasteiger partial charge in [0.2, 0.25) is 0 Å². The van der Waals surface area contributed by atoms with Crippen LogP contribution in [-0.4, -0.2) is 13.1 Å². The summed E-state index contributed by atoms with van der Waals surface area (Å²) in [6, 6.07) is 6.57. The molecule has 1 rings (SSSR count). The van der Waals surface area contributed by atoms with Crippen LogP contribution in [0.5, 0.6) is 5.75 Å². The van der Waals surface area contributed by atoms with E-state index in [2.05, 4.69) is 9.78 Å². The van der Waals surface area contributed by atoms with Crippen molar-refractivity contribution in [3.63, 3.8) is 0 Å². The average Bonchev–Trinajstić information content (AvgIpc) is 2.26. The number of hydrogen-bond donors (Lipinski definition) is 0. The van der Waals surface area contributed by atoms with Gasteiger partial charge in [-0.25, -0.2) is 4.79 Å². The van der Waals surface area contributed by atoms with Gasteiger partial charge in [0.05, 0.1) is 12.7 Å². The predicted octanol–water partition coefficient (Wildman–Crippen LogP) is 2.36. The molecule has 0 saturated carbocycles. The number of carbonyl (C=O) groups excluding carboxylic acids is 1. The molecule has 81 valence electrons. The highest BCUT2D eigenvalue weighted by atomic mass is 17.2. The van der Waals surface area contributed by atoms with Gasteiger partial charge < -0.3 is 4.74 Å². The molecule has 0 aromatic heterocycles. The first-order chi connectivity index (χ1) is 7.13. The van der Waals surface area contributed by atoms with Gasteiger partial charge >= 0.3 is 5.97 Å². The second-order valence-corrected chi connectivity index (χ2v) is 3.09. The summed E-state index contributed by atoms with van der Waals surface area (Å²) >= 11 is 0. The Hall–Kier alpha value is -1.55. The lowest BCUT2D eigenvalue weighted by atomic mass is 10.2. The van der Waals surface area contributed by atoms with E-state index in [0.717, 1.165) is 0 Å². The van der Waals surface area contributed by atoms with Crippen LogP contribution in [0.3, 0.4) is 0 Å². The Morgan fingerprint density at radius 3 is 2.13 bits per heavy atom. The molecule has 1 aromatic rings. The molecule has 0 atom stereocenters. The lowest BCUT2D eigenvalue weighted by Gasteiger charge is -2.05. The minimum atomic E-state index is -0.529. The summed E-state index contributed by atoms with van der Waals surface area (Å²) in [4.78, 5) is 20.5. The Morgan fingerprint density at radius 1 is 1.07 bits per heavy atom. The molecule has 0 unspecified atom stereocenters. The zero-order chi connectivity index (χ0) is 11.3.